The maximum absolute atomic E-state index is 11.4. The van der Waals surface area contributed by atoms with E-state index in [1.54, 1.807) is 14.0 Å². The number of hydrogen-bond donors (Lipinski definition) is 3. The zero-order valence-corrected chi connectivity index (χ0v) is 9.16. The Hall–Kier alpha value is -1.89. The van der Waals surface area contributed by atoms with Crippen LogP contribution in [0.3, 0.4) is 0 Å². The van der Waals surface area contributed by atoms with E-state index in [2.05, 4.69) is 20.8 Å². The van der Waals surface area contributed by atoms with Gasteiger partial charge in [-0.25, -0.2) is 4.79 Å². The first-order chi connectivity index (χ1) is 7.69. The number of ether oxygens (including phenoxy) is 1. The van der Waals surface area contributed by atoms with Crippen LogP contribution < -0.4 is 10.6 Å². The van der Waals surface area contributed by atoms with Gasteiger partial charge in [0.15, 0.2) is 0 Å². The number of amides is 1. The Kier molecular flexibility index (Phi) is 4.46. The van der Waals surface area contributed by atoms with Crippen molar-refractivity contribution in [1.29, 1.82) is 0 Å². The molecule has 0 fully saturated rings. The summed E-state index contributed by atoms with van der Waals surface area (Å²) in [6, 6.07) is 0. The molecule has 0 aliphatic carbocycles. The second-order valence-electron chi connectivity index (χ2n) is 2.96. The van der Waals surface area contributed by atoms with Crippen LogP contribution in [0.15, 0.2) is 6.20 Å². The van der Waals surface area contributed by atoms with Gasteiger partial charge in [-0.2, -0.15) is 5.10 Å². The lowest BCUT2D eigenvalue weighted by Gasteiger charge is -2.04. The smallest absolute Gasteiger partial charge is 0.343 e. The molecule has 1 aromatic rings. The minimum atomic E-state index is -0.518. The Morgan fingerprint density at radius 2 is 2.31 bits per heavy atom. The predicted molar refractivity (Wildman–Crippen MR) is 57.1 cm³/mol. The topological polar surface area (TPSA) is 96.1 Å². The molecule has 0 unspecified atom stereocenters. The van der Waals surface area contributed by atoms with Crippen molar-refractivity contribution in [2.24, 2.45) is 0 Å². The highest BCUT2D eigenvalue weighted by Crippen LogP contribution is 2.11. The zero-order valence-electron chi connectivity index (χ0n) is 9.16. The quantitative estimate of drug-likeness (QED) is 0.601. The largest absolute Gasteiger partial charge is 0.462 e. The number of esters is 1. The standard InChI is InChI=1S/C9H14N4O3/c1-3-16-9(15)6-4-11-13-8(6)12-7(14)5-10-2/h4,10H,3,5H2,1-2H3,(H2,11,12,13,14). The maximum atomic E-state index is 11.4. The number of H-pyrrole nitrogens is 1. The molecular weight excluding hydrogens is 212 g/mol. The van der Waals surface area contributed by atoms with Gasteiger partial charge in [-0.05, 0) is 14.0 Å². The summed E-state index contributed by atoms with van der Waals surface area (Å²) in [6.07, 6.45) is 1.31. The van der Waals surface area contributed by atoms with E-state index in [0.717, 1.165) is 0 Å². The number of anilines is 1. The molecule has 16 heavy (non-hydrogen) atoms. The second kappa shape index (κ2) is 5.86. The van der Waals surface area contributed by atoms with Gasteiger partial charge < -0.3 is 15.4 Å². The van der Waals surface area contributed by atoms with Crippen molar-refractivity contribution in [1.82, 2.24) is 15.5 Å². The Labute approximate surface area is 92.6 Å². The summed E-state index contributed by atoms with van der Waals surface area (Å²) in [5, 5.41) is 11.4. The van der Waals surface area contributed by atoms with Gasteiger partial charge in [0.2, 0.25) is 5.91 Å². The third-order valence-electron chi connectivity index (χ3n) is 1.74. The molecule has 0 atom stereocenters. The minimum absolute atomic E-state index is 0.154. The molecule has 7 nitrogen and oxygen atoms in total. The van der Waals surface area contributed by atoms with Crippen molar-refractivity contribution in [3.63, 3.8) is 0 Å². The van der Waals surface area contributed by atoms with Crippen molar-refractivity contribution in [3.8, 4) is 0 Å². The highest BCUT2D eigenvalue weighted by atomic mass is 16.5. The summed E-state index contributed by atoms with van der Waals surface area (Å²) < 4.78 is 4.80. The number of nitrogens with one attached hydrogen (secondary N) is 3. The molecule has 1 amide bonds. The molecule has 0 aliphatic rings. The molecule has 7 heteroatoms. The van der Waals surface area contributed by atoms with Crippen molar-refractivity contribution < 1.29 is 14.3 Å². The Morgan fingerprint density at radius 1 is 1.56 bits per heavy atom. The van der Waals surface area contributed by atoms with Crippen LogP contribution >= 0.6 is 0 Å². The SMILES string of the molecule is CCOC(=O)c1cn[nH]c1NC(=O)CNC. The van der Waals surface area contributed by atoms with E-state index in [4.69, 9.17) is 4.74 Å². The van der Waals surface area contributed by atoms with Crippen molar-refractivity contribution in [2.75, 3.05) is 25.5 Å². The number of nitrogens with zero attached hydrogens (tertiary/aromatic N) is 1. The summed E-state index contributed by atoms with van der Waals surface area (Å²) >= 11 is 0. The van der Waals surface area contributed by atoms with Crippen molar-refractivity contribution in [2.45, 2.75) is 6.92 Å². The van der Waals surface area contributed by atoms with Gasteiger partial charge in [0.25, 0.3) is 0 Å². The van der Waals surface area contributed by atoms with E-state index in [0.29, 0.717) is 0 Å². The van der Waals surface area contributed by atoms with Gasteiger partial charge in [-0.15, -0.1) is 0 Å². The van der Waals surface area contributed by atoms with Crippen LogP contribution in [0.1, 0.15) is 17.3 Å². The maximum Gasteiger partial charge on any atom is 0.343 e. The van der Waals surface area contributed by atoms with E-state index >= 15 is 0 Å². The van der Waals surface area contributed by atoms with Crippen LogP contribution in [0.25, 0.3) is 0 Å². The molecule has 0 aliphatic heterocycles. The molecule has 0 bridgehead atoms. The Balaban J connectivity index is 2.70. The zero-order chi connectivity index (χ0) is 12.0. The summed E-state index contributed by atoms with van der Waals surface area (Å²) in [4.78, 5) is 22.7. The molecule has 1 heterocycles. The highest BCUT2D eigenvalue weighted by molar-refractivity contribution is 6.00. The average molecular weight is 226 g/mol. The van der Waals surface area contributed by atoms with Gasteiger partial charge in [0.05, 0.1) is 19.3 Å². The van der Waals surface area contributed by atoms with E-state index in [1.807, 2.05) is 0 Å². The fourth-order valence-corrected chi connectivity index (χ4v) is 1.09. The molecule has 0 aromatic carbocycles. The molecule has 3 N–H and O–H groups in total. The van der Waals surface area contributed by atoms with Crippen LogP contribution in [0.5, 0.6) is 0 Å². The summed E-state index contributed by atoms with van der Waals surface area (Å²) in [5.74, 6) is -0.535. The normalized spacial score (nSPS) is 9.88. The summed E-state index contributed by atoms with van der Waals surface area (Å²) in [6.45, 7) is 2.13. The second-order valence-corrected chi connectivity index (χ2v) is 2.96. The minimum Gasteiger partial charge on any atom is -0.462 e. The number of likely N-dealkylation sites (N-methyl/N-ethyl adjacent to an activating group) is 1. The Bertz CT molecular complexity index is 375. The average Bonchev–Trinajstić information content (AvgIpc) is 2.66. The fourth-order valence-electron chi connectivity index (χ4n) is 1.09. The number of aromatic nitrogens is 2. The van der Waals surface area contributed by atoms with Gasteiger partial charge in [0.1, 0.15) is 11.4 Å². The van der Waals surface area contributed by atoms with E-state index in [9.17, 15) is 9.59 Å². The van der Waals surface area contributed by atoms with E-state index < -0.39 is 5.97 Å². The van der Waals surface area contributed by atoms with Gasteiger partial charge in [-0.1, -0.05) is 0 Å². The van der Waals surface area contributed by atoms with Crippen molar-refractivity contribution >= 4 is 17.7 Å². The first kappa shape index (κ1) is 12.2. The van der Waals surface area contributed by atoms with E-state index in [-0.39, 0.29) is 30.4 Å². The lowest BCUT2D eigenvalue weighted by Crippen LogP contribution is -2.26. The molecule has 0 radical (unpaired) electrons. The molecule has 0 spiro atoms. The Morgan fingerprint density at radius 3 is 2.94 bits per heavy atom. The van der Waals surface area contributed by atoms with Crippen molar-refractivity contribution in [3.05, 3.63) is 11.8 Å². The number of carbonyl (C=O) groups is 2. The number of carbonyl (C=O) groups excluding carboxylic acids is 2. The first-order valence-corrected chi connectivity index (χ1v) is 4.84. The lowest BCUT2D eigenvalue weighted by molar-refractivity contribution is -0.115. The number of hydrogen-bond acceptors (Lipinski definition) is 5. The third-order valence-corrected chi connectivity index (χ3v) is 1.74. The highest BCUT2D eigenvalue weighted by Gasteiger charge is 2.16. The van der Waals surface area contributed by atoms with Gasteiger partial charge in [0, 0.05) is 0 Å². The van der Waals surface area contributed by atoms with Gasteiger partial charge >= 0.3 is 5.97 Å². The molecular formula is C9H14N4O3. The van der Waals surface area contributed by atoms with Crippen LogP contribution in [0, 0.1) is 0 Å². The molecule has 88 valence electrons. The number of aromatic amines is 1. The van der Waals surface area contributed by atoms with E-state index in [1.165, 1.54) is 6.20 Å². The lowest BCUT2D eigenvalue weighted by atomic mass is 10.3. The third kappa shape index (κ3) is 3.06. The predicted octanol–water partition coefficient (Wildman–Crippen LogP) is -0.256. The monoisotopic (exact) mass is 226 g/mol. The number of rotatable bonds is 5. The fraction of sp³-hybridized carbons (Fsp3) is 0.444. The van der Waals surface area contributed by atoms with Crippen LogP contribution in [0.2, 0.25) is 0 Å². The van der Waals surface area contributed by atoms with Crippen LogP contribution in [-0.4, -0.2) is 42.3 Å². The summed E-state index contributed by atoms with van der Waals surface area (Å²) in [7, 11) is 1.65. The molecule has 1 rings (SSSR count). The molecule has 1 aromatic heterocycles. The van der Waals surface area contributed by atoms with Gasteiger partial charge in [-0.3, -0.25) is 9.89 Å². The van der Waals surface area contributed by atoms with Crippen LogP contribution in [0.4, 0.5) is 5.82 Å². The van der Waals surface area contributed by atoms with Crippen LogP contribution in [-0.2, 0) is 9.53 Å². The molecule has 0 saturated heterocycles. The first-order valence-electron chi connectivity index (χ1n) is 4.84. The summed E-state index contributed by atoms with van der Waals surface area (Å²) in [5.41, 5.74) is 0.214. The molecule has 0 saturated carbocycles.